The number of rotatable bonds is 2. The van der Waals surface area contributed by atoms with Crippen molar-refractivity contribution in [1.82, 2.24) is 0 Å². The number of ketones is 1. The Kier molecular flexibility index (Phi) is 2.66. The van der Waals surface area contributed by atoms with E-state index in [1.165, 1.54) is 0 Å². The molecule has 9 heavy (non-hydrogen) atoms. The third-order valence-corrected chi connectivity index (χ3v) is 0.957. The standard InChI is InChI=1S/C7H9NO/c1-5(2)7(9)6(3)4-8/h5H,3H2,1-2H3. The lowest BCUT2D eigenvalue weighted by molar-refractivity contribution is -0.117. The number of allylic oxidation sites excluding steroid dienone is 1. The van der Waals surface area contributed by atoms with Gasteiger partial charge in [0.2, 0.25) is 0 Å². The van der Waals surface area contributed by atoms with Crippen molar-refractivity contribution in [3.63, 3.8) is 0 Å². The van der Waals surface area contributed by atoms with E-state index in [4.69, 9.17) is 5.26 Å². The van der Waals surface area contributed by atoms with Gasteiger partial charge in [-0.15, -0.1) is 0 Å². The largest absolute Gasteiger partial charge is 0.293 e. The third kappa shape index (κ3) is 2.09. The molecule has 0 bridgehead atoms. The van der Waals surface area contributed by atoms with Crippen LogP contribution in [0.1, 0.15) is 13.8 Å². The van der Waals surface area contributed by atoms with Crippen LogP contribution in [0.5, 0.6) is 0 Å². The predicted octanol–water partition coefficient (Wildman–Crippen LogP) is 1.29. The average molecular weight is 123 g/mol. The van der Waals surface area contributed by atoms with Gasteiger partial charge in [0.1, 0.15) is 6.07 Å². The zero-order chi connectivity index (χ0) is 7.44. The Hall–Kier alpha value is -1.10. The van der Waals surface area contributed by atoms with Gasteiger partial charge in [0.05, 0.1) is 5.57 Å². The van der Waals surface area contributed by atoms with Crippen LogP contribution in [-0.4, -0.2) is 5.78 Å². The molecule has 0 saturated carbocycles. The maximum Gasteiger partial charge on any atom is 0.175 e. The van der Waals surface area contributed by atoms with Crippen molar-refractivity contribution in [3.8, 4) is 6.07 Å². The van der Waals surface area contributed by atoms with E-state index in [0.29, 0.717) is 0 Å². The molecule has 0 unspecified atom stereocenters. The second kappa shape index (κ2) is 3.03. The smallest absolute Gasteiger partial charge is 0.175 e. The van der Waals surface area contributed by atoms with Crippen molar-refractivity contribution < 1.29 is 4.79 Å². The fourth-order valence-corrected chi connectivity index (χ4v) is 0.404. The Balaban J connectivity index is 4.10. The summed E-state index contributed by atoms with van der Waals surface area (Å²) < 4.78 is 0. The molecule has 0 amide bonds. The number of hydrogen-bond donors (Lipinski definition) is 0. The van der Waals surface area contributed by atoms with E-state index in [1.54, 1.807) is 19.9 Å². The molecule has 0 spiro atoms. The number of carbonyl (C=O) groups excluding carboxylic acids is 1. The minimum Gasteiger partial charge on any atom is -0.293 e. The summed E-state index contributed by atoms with van der Waals surface area (Å²) in [5.74, 6) is -0.283. The highest BCUT2D eigenvalue weighted by atomic mass is 16.1. The summed E-state index contributed by atoms with van der Waals surface area (Å²) in [7, 11) is 0. The van der Waals surface area contributed by atoms with Crippen LogP contribution in [0.2, 0.25) is 0 Å². The fourth-order valence-electron chi connectivity index (χ4n) is 0.404. The van der Waals surface area contributed by atoms with Gasteiger partial charge in [-0.1, -0.05) is 20.4 Å². The van der Waals surface area contributed by atoms with E-state index in [1.807, 2.05) is 0 Å². The summed E-state index contributed by atoms with van der Waals surface area (Å²) in [5.41, 5.74) is 0.0463. The lowest BCUT2D eigenvalue weighted by atomic mass is 10.0. The molecule has 0 fully saturated rings. The molecule has 0 saturated heterocycles. The van der Waals surface area contributed by atoms with Crippen LogP contribution < -0.4 is 0 Å². The molecular weight excluding hydrogens is 114 g/mol. The monoisotopic (exact) mass is 123 g/mol. The molecule has 0 heterocycles. The highest BCUT2D eigenvalue weighted by molar-refractivity contribution is 5.99. The van der Waals surface area contributed by atoms with E-state index in [2.05, 4.69) is 6.58 Å². The first-order valence-electron chi connectivity index (χ1n) is 2.72. The highest BCUT2D eigenvalue weighted by Gasteiger charge is 2.09. The SMILES string of the molecule is C=C(C#N)C(=O)C(C)C. The molecule has 2 nitrogen and oxygen atoms in total. The minimum atomic E-state index is -0.169. The van der Waals surface area contributed by atoms with Crippen molar-refractivity contribution in [3.05, 3.63) is 12.2 Å². The fraction of sp³-hybridized carbons (Fsp3) is 0.429. The summed E-state index contributed by atoms with van der Waals surface area (Å²) >= 11 is 0. The van der Waals surface area contributed by atoms with Crippen molar-refractivity contribution >= 4 is 5.78 Å². The molecule has 0 aromatic heterocycles. The van der Waals surface area contributed by atoms with Crippen molar-refractivity contribution in [2.24, 2.45) is 5.92 Å². The van der Waals surface area contributed by atoms with Crippen LogP contribution in [0, 0.1) is 17.2 Å². The quantitative estimate of drug-likeness (QED) is 0.410. The van der Waals surface area contributed by atoms with Crippen molar-refractivity contribution in [2.75, 3.05) is 0 Å². The van der Waals surface area contributed by atoms with Gasteiger partial charge >= 0.3 is 0 Å². The molecular formula is C7H9NO. The first kappa shape index (κ1) is 7.90. The second-order valence-corrected chi connectivity index (χ2v) is 2.11. The Morgan fingerprint density at radius 2 is 2.11 bits per heavy atom. The Morgan fingerprint density at radius 1 is 1.67 bits per heavy atom. The first-order valence-corrected chi connectivity index (χ1v) is 2.72. The molecule has 0 N–H and O–H groups in total. The van der Waals surface area contributed by atoms with Gasteiger partial charge in [-0.3, -0.25) is 4.79 Å². The maximum atomic E-state index is 10.8. The van der Waals surface area contributed by atoms with Crippen LogP contribution >= 0.6 is 0 Å². The predicted molar refractivity (Wildman–Crippen MR) is 34.6 cm³/mol. The summed E-state index contributed by atoms with van der Waals surface area (Å²) in [6, 6.07) is 1.70. The van der Waals surface area contributed by atoms with E-state index in [0.717, 1.165) is 0 Å². The molecule has 0 aromatic rings. The number of nitrogens with zero attached hydrogens (tertiary/aromatic N) is 1. The lowest BCUT2D eigenvalue weighted by Crippen LogP contribution is -2.07. The van der Waals surface area contributed by atoms with Gasteiger partial charge in [0.25, 0.3) is 0 Å². The first-order chi connectivity index (χ1) is 4.09. The van der Waals surface area contributed by atoms with Gasteiger partial charge in [-0.05, 0) is 0 Å². The number of Topliss-reactive ketones (excluding diaryl/α,β-unsaturated/α-hetero) is 1. The van der Waals surface area contributed by atoms with E-state index < -0.39 is 0 Å². The molecule has 0 aromatic carbocycles. The topological polar surface area (TPSA) is 40.9 Å². The Bertz CT molecular complexity index is 174. The van der Waals surface area contributed by atoms with Gasteiger partial charge < -0.3 is 0 Å². The van der Waals surface area contributed by atoms with Crippen molar-refractivity contribution in [1.29, 1.82) is 5.26 Å². The maximum absolute atomic E-state index is 10.8. The van der Waals surface area contributed by atoms with E-state index >= 15 is 0 Å². The van der Waals surface area contributed by atoms with Crippen molar-refractivity contribution in [2.45, 2.75) is 13.8 Å². The molecule has 0 aliphatic rings. The normalized spacial score (nSPS) is 8.67. The van der Waals surface area contributed by atoms with Gasteiger partial charge in [0, 0.05) is 5.92 Å². The number of hydrogen-bond acceptors (Lipinski definition) is 2. The number of carbonyl (C=O) groups is 1. The molecule has 0 radical (unpaired) electrons. The zero-order valence-electron chi connectivity index (χ0n) is 5.64. The lowest BCUT2D eigenvalue weighted by Gasteiger charge is -1.97. The third-order valence-electron chi connectivity index (χ3n) is 0.957. The van der Waals surface area contributed by atoms with Crippen LogP contribution in [0.25, 0.3) is 0 Å². The van der Waals surface area contributed by atoms with Crippen LogP contribution in [-0.2, 0) is 4.79 Å². The molecule has 0 aliphatic heterocycles. The van der Waals surface area contributed by atoms with E-state index in [9.17, 15) is 4.79 Å². The summed E-state index contributed by atoms with van der Waals surface area (Å²) in [4.78, 5) is 10.8. The van der Waals surface area contributed by atoms with E-state index in [-0.39, 0.29) is 17.3 Å². The second-order valence-electron chi connectivity index (χ2n) is 2.11. The zero-order valence-corrected chi connectivity index (χ0v) is 5.64. The van der Waals surface area contributed by atoms with Gasteiger partial charge in [-0.2, -0.15) is 5.26 Å². The molecule has 0 aliphatic carbocycles. The molecule has 48 valence electrons. The summed E-state index contributed by atoms with van der Waals surface area (Å²) in [6.45, 7) is 6.77. The molecule has 0 rings (SSSR count). The summed E-state index contributed by atoms with van der Waals surface area (Å²) in [5, 5.41) is 8.18. The molecule has 2 heteroatoms. The van der Waals surface area contributed by atoms with Gasteiger partial charge in [-0.25, -0.2) is 0 Å². The van der Waals surface area contributed by atoms with Crippen LogP contribution in [0.3, 0.4) is 0 Å². The van der Waals surface area contributed by atoms with Gasteiger partial charge in [0.15, 0.2) is 5.78 Å². The average Bonchev–Trinajstić information content (AvgIpc) is 1.84. The van der Waals surface area contributed by atoms with Crippen LogP contribution in [0.4, 0.5) is 0 Å². The Labute approximate surface area is 54.8 Å². The number of nitriles is 1. The molecule has 0 atom stereocenters. The Morgan fingerprint density at radius 3 is 2.22 bits per heavy atom. The summed E-state index contributed by atoms with van der Waals surface area (Å²) in [6.07, 6.45) is 0. The highest BCUT2D eigenvalue weighted by Crippen LogP contribution is 2.01. The van der Waals surface area contributed by atoms with Crippen LogP contribution in [0.15, 0.2) is 12.2 Å². The minimum absolute atomic E-state index is 0.0463.